The third-order valence-electron chi connectivity index (χ3n) is 3.09. The van der Waals surface area contributed by atoms with Crippen molar-refractivity contribution in [1.29, 1.82) is 0 Å². The van der Waals surface area contributed by atoms with Crippen molar-refractivity contribution in [2.45, 2.75) is 47.0 Å². The van der Waals surface area contributed by atoms with E-state index in [0.717, 1.165) is 0 Å². The minimum Gasteiger partial charge on any atom is -0.281 e. The van der Waals surface area contributed by atoms with Crippen LogP contribution < -0.4 is 0 Å². The molecule has 0 aromatic heterocycles. The van der Waals surface area contributed by atoms with Crippen molar-refractivity contribution in [2.24, 2.45) is 0 Å². The van der Waals surface area contributed by atoms with Crippen molar-refractivity contribution in [3.05, 3.63) is 0 Å². The molecule has 1 unspecified atom stereocenters. The topological polar surface area (TPSA) is 54.4 Å². The molecule has 176 valence electrons. The van der Waals surface area contributed by atoms with Crippen LogP contribution in [0.25, 0.3) is 0 Å². The Morgan fingerprint density at radius 1 is 0.448 bits per heavy atom. The van der Waals surface area contributed by atoms with Gasteiger partial charge in [-0.2, -0.15) is 78.7 Å². The largest absolute Gasteiger partial charge is 0.460 e. The summed E-state index contributed by atoms with van der Waals surface area (Å²) in [5.41, 5.74) is -8.84. The Kier molecular flexibility index (Phi) is 6.08. The van der Waals surface area contributed by atoms with E-state index in [9.17, 15) is 83.1 Å². The second kappa shape index (κ2) is 6.36. The van der Waals surface area contributed by atoms with Crippen molar-refractivity contribution < 1.29 is 87.6 Å². The predicted octanol–water partition coefficient (Wildman–Crippen LogP) is 4.84. The summed E-state index contributed by atoms with van der Waals surface area (Å²) in [5, 5.41) is -8.21. The van der Waals surface area contributed by atoms with Crippen molar-refractivity contribution in [2.75, 3.05) is 0 Å². The lowest BCUT2D eigenvalue weighted by Crippen LogP contribution is -2.78. The van der Waals surface area contributed by atoms with Gasteiger partial charge in [0.15, 0.2) is 0 Å². The normalized spacial score (nSPS) is 18.6. The van der Waals surface area contributed by atoms with Gasteiger partial charge in [-0.25, -0.2) is 4.39 Å². The minimum absolute atomic E-state index is 7.75. The maximum Gasteiger partial charge on any atom is 0.460 e. The molecule has 0 spiro atoms. The van der Waals surface area contributed by atoms with E-state index in [0.29, 0.717) is 0 Å². The Balaban J connectivity index is 7.30. The minimum atomic E-state index is -9.06. The maximum atomic E-state index is 13.6. The molecule has 0 amide bonds. The highest BCUT2D eigenvalue weighted by Gasteiger charge is 2.98. The molecule has 1 atom stereocenters. The summed E-state index contributed by atoms with van der Waals surface area (Å²) in [6.07, 6.45) is -16.3. The van der Waals surface area contributed by atoms with E-state index in [1.165, 1.54) is 0 Å². The molecule has 1 N–H and O–H groups in total. The number of rotatable bonds is 6. The third kappa shape index (κ3) is 3.26. The lowest BCUT2D eigenvalue weighted by molar-refractivity contribution is -0.456. The maximum absolute atomic E-state index is 13.6. The van der Waals surface area contributed by atoms with E-state index < -0.39 is 57.1 Å². The second-order valence-electron chi connectivity index (χ2n) is 4.94. The fraction of sp³-hybridized carbons (Fsp3) is 1.00. The molecule has 0 rings (SSSR count). The standard InChI is InChI=1S/C8HF17O3S/c9-1(6(18,19)20,8(24,25)29(26,27)28)2(10,11)3(12,13)4(14,15)5(16,17)7(21,22)23/h(H,26,27,28). The zero-order valence-corrected chi connectivity index (χ0v) is 12.9. The fourth-order valence-corrected chi connectivity index (χ4v) is 2.09. The Morgan fingerprint density at radius 2 is 0.724 bits per heavy atom. The third-order valence-corrected chi connectivity index (χ3v) is 4.02. The molecule has 0 aliphatic rings. The molecule has 0 fully saturated rings. The van der Waals surface area contributed by atoms with E-state index in [1.807, 2.05) is 0 Å². The summed E-state index contributed by atoms with van der Waals surface area (Å²) in [4.78, 5) is 0. The molecule has 0 aromatic rings. The fourth-order valence-electron chi connectivity index (χ4n) is 1.49. The Morgan fingerprint density at radius 3 is 0.931 bits per heavy atom. The SMILES string of the molecule is O=S(=O)(O)C(F)(F)C(F)(C(F)(F)F)C(F)(F)C(F)(F)C(F)(F)C(F)(F)C(F)(F)F. The predicted molar refractivity (Wildman–Crippen MR) is 52.2 cm³/mol. The van der Waals surface area contributed by atoms with Crippen molar-refractivity contribution in [3.63, 3.8) is 0 Å². The molecule has 0 radical (unpaired) electrons. The lowest BCUT2D eigenvalue weighted by Gasteiger charge is -2.44. The zero-order chi connectivity index (χ0) is 24.5. The molecule has 29 heavy (non-hydrogen) atoms. The summed E-state index contributed by atoms with van der Waals surface area (Å²) in [7, 11) is -8.19. The molecule has 0 bridgehead atoms. The van der Waals surface area contributed by atoms with Crippen molar-refractivity contribution in [3.8, 4) is 0 Å². The molecule has 21 heteroatoms. The van der Waals surface area contributed by atoms with Gasteiger partial charge in [-0.15, -0.1) is 0 Å². The Labute approximate surface area is 146 Å². The van der Waals surface area contributed by atoms with Crippen molar-refractivity contribution >= 4 is 10.1 Å². The summed E-state index contributed by atoms with van der Waals surface area (Å²) >= 11 is 0. The van der Waals surface area contributed by atoms with Gasteiger partial charge in [0.25, 0.3) is 0 Å². The Hall–Kier alpha value is -1.28. The highest BCUT2D eigenvalue weighted by atomic mass is 32.2. The van der Waals surface area contributed by atoms with Gasteiger partial charge in [0.1, 0.15) is 0 Å². The monoisotopic (exact) mass is 500 g/mol. The van der Waals surface area contributed by atoms with E-state index in [4.69, 9.17) is 4.55 Å². The molecule has 0 aliphatic heterocycles. The first-order valence-electron chi connectivity index (χ1n) is 5.68. The zero-order valence-electron chi connectivity index (χ0n) is 12.1. The first-order valence-corrected chi connectivity index (χ1v) is 7.12. The van der Waals surface area contributed by atoms with Gasteiger partial charge in [0.2, 0.25) is 0 Å². The summed E-state index contributed by atoms with van der Waals surface area (Å²) < 4.78 is 244. The number of alkyl halides is 17. The van der Waals surface area contributed by atoms with Crippen LogP contribution in [0.15, 0.2) is 0 Å². The molecular weight excluding hydrogens is 499 g/mol. The number of hydrogen-bond acceptors (Lipinski definition) is 2. The first-order chi connectivity index (χ1) is 12.0. The van der Waals surface area contributed by atoms with Gasteiger partial charge >= 0.3 is 57.1 Å². The quantitative estimate of drug-likeness (QED) is 0.420. The van der Waals surface area contributed by atoms with Crippen LogP contribution in [0.4, 0.5) is 74.6 Å². The highest BCUT2D eigenvalue weighted by Crippen LogP contribution is 2.65. The second-order valence-corrected chi connectivity index (χ2v) is 6.41. The van der Waals surface area contributed by atoms with Crippen molar-refractivity contribution in [1.82, 2.24) is 0 Å². The van der Waals surface area contributed by atoms with E-state index >= 15 is 0 Å². The van der Waals surface area contributed by atoms with Gasteiger partial charge in [0, 0.05) is 0 Å². The van der Waals surface area contributed by atoms with E-state index in [2.05, 4.69) is 0 Å². The Bertz CT molecular complexity index is 731. The summed E-state index contributed by atoms with van der Waals surface area (Å²) in [6, 6.07) is 0. The van der Waals surface area contributed by atoms with Crippen LogP contribution in [0.3, 0.4) is 0 Å². The van der Waals surface area contributed by atoms with Gasteiger partial charge in [-0.05, 0) is 0 Å². The molecule has 0 aliphatic carbocycles. The van der Waals surface area contributed by atoms with Crippen LogP contribution in [-0.4, -0.2) is 59.9 Å². The molecular formula is C8HF17O3S. The van der Waals surface area contributed by atoms with Gasteiger partial charge < -0.3 is 0 Å². The molecule has 0 heterocycles. The van der Waals surface area contributed by atoms with Gasteiger partial charge in [0.05, 0.1) is 0 Å². The smallest absolute Gasteiger partial charge is 0.281 e. The summed E-state index contributed by atoms with van der Waals surface area (Å²) in [5.74, 6) is -35.2. The highest BCUT2D eigenvalue weighted by molar-refractivity contribution is 7.87. The van der Waals surface area contributed by atoms with Crippen LogP contribution in [-0.2, 0) is 10.1 Å². The van der Waals surface area contributed by atoms with E-state index in [-0.39, 0.29) is 0 Å². The van der Waals surface area contributed by atoms with Gasteiger partial charge in [-0.1, -0.05) is 0 Å². The average molecular weight is 500 g/mol. The average Bonchev–Trinajstić information content (AvgIpc) is 2.41. The van der Waals surface area contributed by atoms with Gasteiger partial charge in [-0.3, -0.25) is 4.55 Å². The summed E-state index contributed by atoms with van der Waals surface area (Å²) in [6.45, 7) is 0. The molecule has 0 aromatic carbocycles. The lowest BCUT2D eigenvalue weighted by atomic mass is 9.86. The number of halogens is 17. The van der Waals surface area contributed by atoms with Crippen LogP contribution in [0.1, 0.15) is 0 Å². The van der Waals surface area contributed by atoms with E-state index in [1.54, 1.807) is 0 Å². The first kappa shape index (κ1) is 27.7. The molecule has 0 saturated heterocycles. The van der Waals surface area contributed by atoms with Crippen LogP contribution >= 0.6 is 0 Å². The van der Waals surface area contributed by atoms with Crippen LogP contribution in [0, 0.1) is 0 Å². The number of hydrogen-bond donors (Lipinski definition) is 1. The van der Waals surface area contributed by atoms with Crippen LogP contribution in [0.5, 0.6) is 0 Å². The molecule has 3 nitrogen and oxygen atoms in total. The van der Waals surface area contributed by atoms with Crippen LogP contribution in [0.2, 0.25) is 0 Å². The molecule has 0 saturated carbocycles.